The molecule has 3 rings (SSSR count). The Balaban J connectivity index is 1.68. The molecule has 0 bridgehead atoms. The van der Waals surface area contributed by atoms with Crippen LogP contribution < -0.4 is 15.1 Å². The topological polar surface area (TPSA) is 118 Å². The number of anilines is 2. The lowest BCUT2D eigenvalue weighted by Crippen LogP contribution is -2.32. The number of cyclic esters (lactones) is 1. The van der Waals surface area contributed by atoms with Gasteiger partial charge in [0.25, 0.3) is 5.24 Å². The van der Waals surface area contributed by atoms with E-state index in [0.717, 1.165) is 0 Å². The first kappa shape index (κ1) is 20.5. The molecule has 1 unspecified atom stereocenters. The van der Waals surface area contributed by atoms with Crippen molar-refractivity contribution in [3.63, 3.8) is 0 Å². The van der Waals surface area contributed by atoms with Crippen LogP contribution in [0.25, 0.3) is 0 Å². The van der Waals surface area contributed by atoms with Crippen LogP contribution >= 0.6 is 12.6 Å². The van der Waals surface area contributed by atoms with E-state index in [9.17, 15) is 24.1 Å². The summed E-state index contributed by atoms with van der Waals surface area (Å²) in [4.78, 5) is 35.7. The van der Waals surface area contributed by atoms with Gasteiger partial charge >= 0.3 is 12.0 Å². The lowest BCUT2D eigenvalue weighted by atomic mass is 10.2. The summed E-state index contributed by atoms with van der Waals surface area (Å²) >= 11 is 3.58. The number of benzene rings is 1. The Kier molecular flexibility index (Phi) is 5.92. The van der Waals surface area contributed by atoms with Crippen molar-refractivity contribution in [3.8, 4) is 0 Å². The van der Waals surface area contributed by atoms with Crippen molar-refractivity contribution in [2.75, 3.05) is 29.9 Å². The van der Waals surface area contributed by atoms with Crippen molar-refractivity contribution in [3.05, 3.63) is 52.0 Å². The summed E-state index contributed by atoms with van der Waals surface area (Å²) in [6, 6.07) is 6.91. The van der Waals surface area contributed by atoms with Crippen molar-refractivity contribution in [2.24, 2.45) is 0 Å². The van der Waals surface area contributed by atoms with Gasteiger partial charge in [0.05, 0.1) is 37.1 Å². The average molecular weight is 424 g/mol. The zero-order valence-corrected chi connectivity index (χ0v) is 16.1. The molecule has 12 heteroatoms. The minimum Gasteiger partial charge on any atom is -0.442 e. The van der Waals surface area contributed by atoms with Gasteiger partial charge in [-0.2, -0.15) is 0 Å². The molecule has 0 aliphatic carbocycles. The fourth-order valence-corrected chi connectivity index (χ4v) is 2.97. The number of halogens is 1. The van der Waals surface area contributed by atoms with Gasteiger partial charge in [-0.25, -0.2) is 9.18 Å². The first-order chi connectivity index (χ1) is 13.7. The Morgan fingerprint density at radius 3 is 2.83 bits per heavy atom. The van der Waals surface area contributed by atoms with E-state index in [1.54, 1.807) is 13.1 Å². The van der Waals surface area contributed by atoms with Gasteiger partial charge in [-0.05, 0) is 24.3 Å². The van der Waals surface area contributed by atoms with Crippen molar-refractivity contribution in [2.45, 2.75) is 12.6 Å². The molecule has 1 atom stereocenters. The van der Waals surface area contributed by atoms with E-state index in [0.29, 0.717) is 11.4 Å². The largest absolute Gasteiger partial charge is 0.442 e. The third kappa shape index (κ3) is 4.77. The molecular weight excluding hydrogens is 407 g/mol. The third-order valence-corrected chi connectivity index (χ3v) is 4.39. The fourth-order valence-electron chi connectivity index (χ4n) is 2.88. The van der Waals surface area contributed by atoms with Gasteiger partial charge in [-0.1, -0.05) is 12.6 Å². The van der Waals surface area contributed by atoms with Gasteiger partial charge in [0, 0.05) is 7.05 Å². The molecule has 1 aliphatic heterocycles. The van der Waals surface area contributed by atoms with Crippen LogP contribution in [0.5, 0.6) is 0 Å². The highest BCUT2D eigenvalue weighted by molar-refractivity contribution is 7.96. The van der Waals surface area contributed by atoms with E-state index in [2.05, 4.69) is 17.9 Å². The number of thiol groups is 1. The van der Waals surface area contributed by atoms with E-state index in [-0.39, 0.29) is 31.2 Å². The standard InChI is InChI=1S/C17H17FN4O6S/c1-20(8-11-3-5-15(27-11)22(25)26)14-4-2-10(6-13(14)18)21-9-12(28-17(21)24)7-19-16(23)29/h2-6,12H,7-9H2,1H3,(H2,19,23,29). The Bertz CT molecular complexity index is 952. The van der Waals surface area contributed by atoms with Crippen molar-refractivity contribution < 1.29 is 28.1 Å². The Morgan fingerprint density at radius 1 is 1.45 bits per heavy atom. The molecule has 2 heterocycles. The number of rotatable bonds is 7. The van der Waals surface area contributed by atoms with Gasteiger partial charge in [-0.3, -0.25) is 19.8 Å². The van der Waals surface area contributed by atoms with E-state index in [1.807, 2.05) is 0 Å². The molecule has 0 radical (unpaired) electrons. The fraction of sp³-hybridized carbons (Fsp3) is 0.294. The number of hydrogen-bond acceptors (Lipinski definition) is 7. The molecule has 10 nitrogen and oxygen atoms in total. The molecule has 0 spiro atoms. The summed E-state index contributed by atoms with van der Waals surface area (Å²) in [6.45, 7) is 0.363. The van der Waals surface area contributed by atoms with E-state index in [4.69, 9.17) is 9.15 Å². The molecule has 29 heavy (non-hydrogen) atoms. The lowest BCUT2D eigenvalue weighted by Gasteiger charge is -2.20. The number of nitrogens with one attached hydrogen (secondary N) is 1. The molecule has 2 aromatic rings. The van der Waals surface area contributed by atoms with Gasteiger partial charge < -0.3 is 19.4 Å². The summed E-state index contributed by atoms with van der Waals surface area (Å²) in [5, 5.41) is 12.6. The first-order valence-corrected chi connectivity index (χ1v) is 8.88. The minimum atomic E-state index is -0.650. The lowest BCUT2D eigenvalue weighted by molar-refractivity contribution is -0.402. The molecule has 1 saturated heterocycles. The molecule has 1 fully saturated rings. The zero-order valence-electron chi connectivity index (χ0n) is 15.2. The highest BCUT2D eigenvalue weighted by Gasteiger charge is 2.32. The monoisotopic (exact) mass is 424 g/mol. The number of amides is 2. The molecule has 1 N–H and O–H groups in total. The van der Waals surface area contributed by atoms with Crippen LogP contribution in [0, 0.1) is 15.9 Å². The minimum absolute atomic E-state index is 0.100. The second-order valence-corrected chi connectivity index (χ2v) is 6.70. The van der Waals surface area contributed by atoms with Gasteiger partial charge in [0.15, 0.2) is 0 Å². The van der Waals surface area contributed by atoms with Crippen LogP contribution in [-0.4, -0.2) is 42.5 Å². The van der Waals surface area contributed by atoms with Crippen LogP contribution in [0.3, 0.4) is 0 Å². The Morgan fingerprint density at radius 2 is 2.21 bits per heavy atom. The maximum atomic E-state index is 14.6. The smallest absolute Gasteiger partial charge is 0.433 e. The number of ether oxygens (including phenoxy) is 1. The van der Waals surface area contributed by atoms with E-state index in [1.165, 1.54) is 34.1 Å². The second kappa shape index (κ2) is 8.39. The number of carbonyl (C=O) groups excluding carboxylic acids is 2. The van der Waals surface area contributed by atoms with E-state index < -0.39 is 28.2 Å². The Labute approximate surface area is 169 Å². The maximum absolute atomic E-state index is 14.6. The molecule has 0 saturated carbocycles. The molecular formula is C17H17FN4O6S. The number of nitro groups is 1. The zero-order chi connectivity index (χ0) is 21.1. The van der Waals surface area contributed by atoms with Gasteiger partial charge in [0.2, 0.25) is 0 Å². The van der Waals surface area contributed by atoms with E-state index >= 15 is 0 Å². The Hall–Kier alpha value is -3.28. The number of hydrogen-bond donors (Lipinski definition) is 2. The molecule has 2 amide bonds. The summed E-state index contributed by atoms with van der Waals surface area (Å²) < 4.78 is 24.9. The predicted molar refractivity (Wildman–Crippen MR) is 104 cm³/mol. The van der Waals surface area contributed by atoms with Gasteiger partial charge in [-0.15, -0.1) is 0 Å². The highest BCUT2D eigenvalue weighted by Crippen LogP contribution is 2.28. The number of nitrogens with zero attached hydrogens (tertiary/aromatic N) is 3. The van der Waals surface area contributed by atoms with Crippen LogP contribution in [0.2, 0.25) is 0 Å². The summed E-state index contributed by atoms with van der Waals surface area (Å²) in [7, 11) is 1.60. The normalized spacial score (nSPS) is 15.9. The van der Waals surface area contributed by atoms with Crippen LogP contribution in [0.15, 0.2) is 34.7 Å². The van der Waals surface area contributed by atoms with Crippen molar-refractivity contribution in [1.82, 2.24) is 5.32 Å². The van der Waals surface area contributed by atoms with Crippen molar-refractivity contribution in [1.29, 1.82) is 0 Å². The summed E-state index contributed by atoms with van der Waals surface area (Å²) in [6.07, 6.45) is -1.22. The summed E-state index contributed by atoms with van der Waals surface area (Å²) in [5.41, 5.74) is 0.525. The predicted octanol–water partition coefficient (Wildman–Crippen LogP) is 2.93. The molecule has 154 valence electrons. The SMILES string of the molecule is CN(Cc1ccc([N+](=O)[O-])o1)c1ccc(N2CC(CNC(=O)S)OC2=O)cc1F. The van der Waals surface area contributed by atoms with Crippen molar-refractivity contribution >= 4 is 41.2 Å². The molecule has 1 aromatic carbocycles. The summed E-state index contributed by atoms with van der Waals surface area (Å²) in [5.74, 6) is -0.675. The quantitative estimate of drug-likeness (QED) is 0.399. The average Bonchev–Trinajstić information content (AvgIpc) is 3.26. The molecule has 1 aromatic heterocycles. The van der Waals surface area contributed by atoms with Crippen LogP contribution in [-0.2, 0) is 11.3 Å². The number of furan rings is 1. The third-order valence-electron chi connectivity index (χ3n) is 4.23. The first-order valence-electron chi connectivity index (χ1n) is 8.43. The van der Waals surface area contributed by atoms with Crippen LogP contribution in [0.4, 0.5) is 31.2 Å². The molecule has 1 aliphatic rings. The van der Waals surface area contributed by atoms with Gasteiger partial charge in [0.1, 0.15) is 22.6 Å². The highest BCUT2D eigenvalue weighted by atomic mass is 32.1. The van der Waals surface area contributed by atoms with Crippen LogP contribution in [0.1, 0.15) is 5.76 Å². The maximum Gasteiger partial charge on any atom is 0.433 e. The second-order valence-electron chi connectivity index (χ2n) is 6.29. The number of carbonyl (C=O) groups is 2.